The molecular formula is C18H33N3O4. The van der Waals surface area contributed by atoms with E-state index in [-0.39, 0.29) is 18.2 Å². The lowest BCUT2D eigenvalue weighted by Crippen LogP contribution is -2.53. The van der Waals surface area contributed by atoms with Crippen molar-refractivity contribution in [3.05, 3.63) is 0 Å². The number of aliphatic imine (C=N–C) groups is 1. The van der Waals surface area contributed by atoms with Crippen LogP contribution >= 0.6 is 0 Å². The smallest absolute Gasteiger partial charge is 0.305 e. The van der Waals surface area contributed by atoms with Gasteiger partial charge in [-0.1, -0.05) is 12.8 Å². The first-order chi connectivity index (χ1) is 12.2. The number of hydrogen-bond acceptors (Lipinski definition) is 5. The predicted molar refractivity (Wildman–Crippen MR) is 96.7 cm³/mol. The van der Waals surface area contributed by atoms with E-state index in [4.69, 9.17) is 9.47 Å². The first-order valence-electron chi connectivity index (χ1n) is 9.50. The molecule has 0 aromatic rings. The predicted octanol–water partition coefficient (Wildman–Crippen LogP) is 1.57. The molecular weight excluding hydrogens is 322 g/mol. The molecule has 0 aromatic heterocycles. The Morgan fingerprint density at radius 2 is 2.00 bits per heavy atom. The van der Waals surface area contributed by atoms with E-state index in [2.05, 4.69) is 19.9 Å². The van der Waals surface area contributed by atoms with Crippen LogP contribution in [-0.2, 0) is 19.0 Å². The second-order valence-electron chi connectivity index (χ2n) is 6.62. The second kappa shape index (κ2) is 11.3. The Morgan fingerprint density at radius 3 is 2.72 bits per heavy atom. The Morgan fingerprint density at radius 1 is 1.20 bits per heavy atom. The van der Waals surface area contributed by atoms with Gasteiger partial charge in [-0.3, -0.25) is 9.79 Å². The molecule has 2 atom stereocenters. The van der Waals surface area contributed by atoms with Gasteiger partial charge < -0.3 is 24.4 Å². The third kappa shape index (κ3) is 6.82. The minimum atomic E-state index is -0.119. The maximum Gasteiger partial charge on any atom is 0.305 e. The molecule has 2 aliphatic rings. The fourth-order valence-electron chi connectivity index (χ4n) is 3.37. The number of esters is 1. The number of carbonyl (C=O) groups is 1. The number of carbonyl (C=O) groups excluding carboxylic acids is 1. The van der Waals surface area contributed by atoms with Crippen molar-refractivity contribution >= 4 is 11.9 Å². The molecule has 144 valence electrons. The fraction of sp³-hybridized carbons (Fsp3) is 0.889. The molecule has 7 nitrogen and oxygen atoms in total. The molecule has 1 N–H and O–H groups in total. The van der Waals surface area contributed by atoms with Gasteiger partial charge in [-0.05, 0) is 25.7 Å². The maximum atomic E-state index is 11.1. The summed E-state index contributed by atoms with van der Waals surface area (Å²) in [5, 5.41) is 3.45. The van der Waals surface area contributed by atoms with Gasteiger partial charge in [0.2, 0.25) is 0 Å². The molecule has 2 unspecified atom stereocenters. The topological polar surface area (TPSA) is 72.4 Å². The van der Waals surface area contributed by atoms with Crippen molar-refractivity contribution in [2.45, 2.75) is 57.2 Å². The lowest BCUT2D eigenvalue weighted by atomic mass is 10.1. The molecule has 0 saturated carbocycles. The number of methoxy groups -OCH3 is 1. The SMILES string of the molecule is CN=C(NCCCCCCC(=O)OC)N1CCOC(C2CCCO2)C1. The zero-order chi connectivity index (χ0) is 17.9. The zero-order valence-corrected chi connectivity index (χ0v) is 15.7. The van der Waals surface area contributed by atoms with Crippen molar-refractivity contribution < 1.29 is 19.0 Å². The van der Waals surface area contributed by atoms with Crippen molar-refractivity contribution in [1.29, 1.82) is 0 Å². The molecule has 0 radical (unpaired) electrons. The third-order valence-electron chi connectivity index (χ3n) is 4.80. The standard InChI is InChI=1S/C18H33N3O4/c1-19-18(20-10-6-4-3-5-9-17(22)23-2)21-11-13-25-16(14-21)15-8-7-12-24-15/h15-16H,3-14H2,1-2H3,(H,19,20). The van der Waals surface area contributed by atoms with Gasteiger partial charge in [-0.15, -0.1) is 0 Å². The van der Waals surface area contributed by atoms with Gasteiger partial charge in [0.1, 0.15) is 6.10 Å². The number of hydrogen-bond donors (Lipinski definition) is 1. The summed E-state index contributed by atoms with van der Waals surface area (Å²) in [7, 11) is 3.27. The van der Waals surface area contributed by atoms with Crippen LogP contribution in [0.2, 0.25) is 0 Å². The molecule has 0 bridgehead atoms. The van der Waals surface area contributed by atoms with Gasteiger partial charge in [0.25, 0.3) is 0 Å². The minimum absolute atomic E-state index is 0.119. The largest absolute Gasteiger partial charge is 0.469 e. The van der Waals surface area contributed by atoms with Crippen molar-refractivity contribution in [3.8, 4) is 0 Å². The van der Waals surface area contributed by atoms with E-state index in [0.29, 0.717) is 6.42 Å². The summed E-state index contributed by atoms with van der Waals surface area (Å²) in [6, 6.07) is 0. The van der Waals surface area contributed by atoms with Gasteiger partial charge in [0, 0.05) is 39.7 Å². The van der Waals surface area contributed by atoms with Gasteiger partial charge >= 0.3 is 5.97 Å². The summed E-state index contributed by atoms with van der Waals surface area (Å²) in [5.74, 6) is 0.826. The fourth-order valence-corrected chi connectivity index (χ4v) is 3.37. The molecule has 0 aliphatic carbocycles. The normalized spacial score (nSPS) is 24.4. The van der Waals surface area contributed by atoms with E-state index in [1.165, 1.54) is 7.11 Å². The summed E-state index contributed by atoms with van der Waals surface area (Å²) in [4.78, 5) is 17.7. The van der Waals surface area contributed by atoms with E-state index in [1.807, 2.05) is 7.05 Å². The highest BCUT2D eigenvalue weighted by Crippen LogP contribution is 2.21. The minimum Gasteiger partial charge on any atom is -0.469 e. The first kappa shape index (κ1) is 20.0. The number of guanidine groups is 1. The van der Waals surface area contributed by atoms with E-state index < -0.39 is 0 Å². The molecule has 0 amide bonds. The summed E-state index contributed by atoms with van der Waals surface area (Å²) in [6.07, 6.45) is 7.24. The molecule has 2 rings (SSSR count). The Bertz CT molecular complexity index is 425. The first-order valence-corrected chi connectivity index (χ1v) is 9.50. The summed E-state index contributed by atoms with van der Waals surface area (Å²) in [5.41, 5.74) is 0. The molecule has 0 aromatic carbocycles. The molecule has 2 saturated heterocycles. The maximum absolute atomic E-state index is 11.1. The van der Waals surface area contributed by atoms with Crippen LogP contribution in [0.25, 0.3) is 0 Å². The number of rotatable bonds is 8. The Kier molecular flexibility index (Phi) is 9.04. The van der Waals surface area contributed by atoms with Crippen LogP contribution in [0.5, 0.6) is 0 Å². The highest BCUT2D eigenvalue weighted by Gasteiger charge is 2.32. The van der Waals surface area contributed by atoms with Gasteiger partial charge in [0.05, 0.1) is 19.8 Å². The highest BCUT2D eigenvalue weighted by molar-refractivity contribution is 5.80. The number of ether oxygens (including phenoxy) is 3. The van der Waals surface area contributed by atoms with Gasteiger partial charge in [-0.25, -0.2) is 0 Å². The zero-order valence-electron chi connectivity index (χ0n) is 15.7. The van der Waals surface area contributed by atoms with Crippen molar-refractivity contribution in [2.24, 2.45) is 4.99 Å². The molecule has 0 spiro atoms. The van der Waals surface area contributed by atoms with Gasteiger partial charge in [-0.2, -0.15) is 0 Å². The molecule has 7 heteroatoms. The van der Waals surface area contributed by atoms with Crippen molar-refractivity contribution in [2.75, 3.05) is 47.0 Å². The third-order valence-corrected chi connectivity index (χ3v) is 4.80. The lowest BCUT2D eigenvalue weighted by Gasteiger charge is -2.37. The highest BCUT2D eigenvalue weighted by atomic mass is 16.5. The van der Waals surface area contributed by atoms with E-state index >= 15 is 0 Å². The Labute approximate surface area is 151 Å². The summed E-state index contributed by atoms with van der Waals surface area (Å²) >= 11 is 0. The summed E-state index contributed by atoms with van der Waals surface area (Å²) in [6.45, 7) is 4.17. The molecule has 2 heterocycles. The second-order valence-corrected chi connectivity index (χ2v) is 6.62. The monoisotopic (exact) mass is 355 g/mol. The quantitative estimate of drug-likeness (QED) is 0.308. The number of unbranched alkanes of at least 4 members (excludes halogenated alkanes) is 3. The van der Waals surface area contributed by atoms with Crippen LogP contribution < -0.4 is 5.32 Å². The van der Waals surface area contributed by atoms with Crippen LogP contribution in [0, 0.1) is 0 Å². The van der Waals surface area contributed by atoms with E-state index in [9.17, 15) is 4.79 Å². The van der Waals surface area contributed by atoms with Crippen LogP contribution in [0.4, 0.5) is 0 Å². The lowest BCUT2D eigenvalue weighted by molar-refractivity contribution is -0.140. The number of nitrogens with one attached hydrogen (secondary N) is 1. The van der Waals surface area contributed by atoms with E-state index in [0.717, 1.165) is 77.3 Å². The van der Waals surface area contributed by atoms with Gasteiger partial charge in [0.15, 0.2) is 5.96 Å². The van der Waals surface area contributed by atoms with Crippen LogP contribution in [0.3, 0.4) is 0 Å². The summed E-state index contributed by atoms with van der Waals surface area (Å²) < 4.78 is 16.3. The number of nitrogens with zero attached hydrogens (tertiary/aromatic N) is 2. The van der Waals surface area contributed by atoms with Crippen LogP contribution in [0.1, 0.15) is 44.9 Å². The Hall–Kier alpha value is -1.34. The molecule has 25 heavy (non-hydrogen) atoms. The van der Waals surface area contributed by atoms with Crippen LogP contribution in [0.15, 0.2) is 4.99 Å². The van der Waals surface area contributed by atoms with Crippen molar-refractivity contribution in [1.82, 2.24) is 10.2 Å². The Balaban J connectivity index is 1.61. The molecule has 2 aliphatic heterocycles. The average molecular weight is 355 g/mol. The average Bonchev–Trinajstić information content (AvgIpc) is 3.18. The van der Waals surface area contributed by atoms with E-state index in [1.54, 1.807) is 0 Å². The number of morpholine rings is 1. The van der Waals surface area contributed by atoms with Crippen LogP contribution in [-0.4, -0.2) is 76.0 Å². The molecule has 2 fully saturated rings. The van der Waals surface area contributed by atoms with Crippen molar-refractivity contribution in [3.63, 3.8) is 0 Å².